The van der Waals surface area contributed by atoms with Gasteiger partial charge in [-0.05, 0) is 18.6 Å². The highest BCUT2D eigenvalue weighted by Gasteiger charge is 2.08. The third-order valence-corrected chi connectivity index (χ3v) is 3.60. The predicted octanol–water partition coefficient (Wildman–Crippen LogP) is 3.08. The maximum atomic E-state index is 10.8. The number of rotatable bonds is 5. The molecule has 0 bridgehead atoms. The molecule has 2 heterocycles. The highest BCUT2D eigenvalue weighted by Crippen LogP contribution is 2.18. The standard InChI is InChI=1S/C18H17N3O/c1-21-12-17(14-6-3-2-4-7-14)20-18(21)11-10-15-8-5-9-16(13-22)19-15/h2-9,12-13H,10-11H2,1H3. The summed E-state index contributed by atoms with van der Waals surface area (Å²) in [4.78, 5) is 19.8. The van der Waals surface area contributed by atoms with Crippen LogP contribution in [0.2, 0.25) is 0 Å². The fourth-order valence-electron chi connectivity index (χ4n) is 2.43. The van der Waals surface area contributed by atoms with Gasteiger partial charge >= 0.3 is 0 Å². The van der Waals surface area contributed by atoms with Crippen LogP contribution in [0.1, 0.15) is 22.0 Å². The molecule has 0 N–H and O–H groups in total. The van der Waals surface area contributed by atoms with Crippen molar-refractivity contribution in [2.45, 2.75) is 12.8 Å². The first-order valence-electron chi connectivity index (χ1n) is 7.25. The quantitative estimate of drug-likeness (QED) is 0.679. The molecule has 0 amide bonds. The topological polar surface area (TPSA) is 47.8 Å². The number of imidazole rings is 1. The number of aldehydes is 1. The van der Waals surface area contributed by atoms with Crippen molar-refractivity contribution in [3.63, 3.8) is 0 Å². The number of nitrogens with zero attached hydrogens (tertiary/aromatic N) is 3. The second kappa shape index (κ2) is 6.35. The number of hydrogen-bond donors (Lipinski definition) is 0. The minimum atomic E-state index is 0.474. The smallest absolute Gasteiger partial charge is 0.168 e. The van der Waals surface area contributed by atoms with E-state index < -0.39 is 0 Å². The molecule has 1 aromatic carbocycles. The predicted molar refractivity (Wildman–Crippen MR) is 85.7 cm³/mol. The van der Waals surface area contributed by atoms with Gasteiger partial charge in [-0.25, -0.2) is 4.98 Å². The highest BCUT2D eigenvalue weighted by molar-refractivity contribution is 5.71. The van der Waals surface area contributed by atoms with Crippen molar-refractivity contribution in [1.29, 1.82) is 0 Å². The van der Waals surface area contributed by atoms with Crippen LogP contribution in [0.4, 0.5) is 0 Å². The minimum absolute atomic E-state index is 0.474. The molecule has 0 aliphatic heterocycles. The molecule has 0 aliphatic rings. The fourth-order valence-corrected chi connectivity index (χ4v) is 2.43. The average molecular weight is 291 g/mol. The average Bonchev–Trinajstić information content (AvgIpc) is 2.95. The molecule has 0 aliphatic carbocycles. The summed E-state index contributed by atoms with van der Waals surface area (Å²) in [6, 6.07) is 15.7. The first-order chi connectivity index (χ1) is 10.8. The van der Waals surface area contributed by atoms with E-state index in [-0.39, 0.29) is 0 Å². The number of hydrogen-bond acceptors (Lipinski definition) is 3. The summed E-state index contributed by atoms with van der Waals surface area (Å²) in [5.74, 6) is 1.01. The molecule has 0 saturated heterocycles. The van der Waals surface area contributed by atoms with E-state index in [1.807, 2.05) is 48.1 Å². The van der Waals surface area contributed by atoms with Gasteiger partial charge in [-0.1, -0.05) is 36.4 Å². The van der Waals surface area contributed by atoms with Crippen molar-refractivity contribution in [3.05, 3.63) is 71.9 Å². The first-order valence-corrected chi connectivity index (χ1v) is 7.25. The van der Waals surface area contributed by atoms with Gasteiger partial charge in [0.05, 0.1) is 5.69 Å². The van der Waals surface area contributed by atoms with E-state index in [1.165, 1.54) is 0 Å². The van der Waals surface area contributed by atoms with E-state index in [0.717, 1.165) is 41.9 Å². The lowest BCUT2D eigenvalue weighted by Gasteiger charge is -2.02. The molecule has 0 saturated carbocycles. The molecule has 0 unspecified atom stereocenters. The lowest BCUT2D eigenvalue weighted by molar-refractivity contribution is 0.111. The molecular formula is C18H17N3O. The maximum absolute atomic E-state index is 10.8. The zero-order valence-electron chi connectivity index (χ0n) is 12.4. The molecular weight excluding hydrogens is 274 g/mol. The zero-order valence-corrected chi connectivity index (χ0v) is 12.4. The Kier molecular flexibility index (Phi) is 4.10. The molecule has 110 valence electrons. The van der Waals surface area contributed by atoms with Gasteiger partial charge in [0.25, 0.3) is 0 Å². The molecule has 3 rings (SSSR count). The van der Waals surface area contributed by atoms with E-state index in [0.29, 0.717) is 5.69 Å². The van der Waals surface area contributed by atoms with Crippen LogP contribution in [0.3, 0.4) is 0 Å². The summed E-state index contributed by atoms with van der Waals surface area (Å²) in [6.45, 7) is 0. The molecule has 2 aromatic heterocycles. The van der Waals surface area contributed by atoms with Gasteiger partial charge in [-0.15, -0.1) is 0 Å². The van der Waals surface area contributed by atoms with Gasteiger partial charge in [0, 0.05) is 30.9 Å². The third-order valence-electron chi connectivity index (χ3n) is 3.60. The molecule has 4 nitrogen and oxygen atoms in total. The van der Waals surface area contributed by atoms with Crippen LogP contribution in [-0.4, -0.2) is 20.8 Å². The number of aryl methyl sites for hydroxylation is 3. The summed E-state index contributed by atoms with van der Waals surface area (Å²) in [5.41, 5.74) is 3.48. The second-order valence-electron chi connectivity index (χ2n) is 5.19. The number of carbonyl (C=O) groups excluding carboxylic acids is 1. The molecule has 0 atom stereocenters. The van der Waals surface area contributed by atoms with Crippen LogP contribution >= 0.6 is 0 Å². The van der Waals surface area contributed by atoms with Gasteiger partial charge in [0.1, 0.15) is 11.5 Å². The van der Waals surface area contributed by atoms with Crippen LogP contribution in [0.5, 0.6) is 0 Å². The number of aromatic nitrogens is 3. The van der Waals surface area contributed by atoms with Crippen LogP contribution in [0.15, 0.2) is 54.7 Å². The Hall–Kier alpha value is -2.75. The normalized spacial score (nSPS) is 10.6. The Balaban J connectivity index is 1.75. The van der Waals surface area contributed by atoms with Crippen LogP contribution < -0.4 is 0 Å². The van der Waals surface area contributed by atoms with Crippen molar-refractivity contribution in [2.75, 3.05) is 0 Å². The molecule has 0 radical (unpaired) electrons. The monoisotopic (exact) mass is 291 g/mol. The van der Waals surface area contributed by atoms with Crippen LogP contribution in [0, 0.1) is 0 Å². The number of carbonyl (C=O) groups is 1. The van der Waals surface area contributed by atoms with Gasteiger partial charge in [-0.2, -0.15) is 0 Å². The lowest BCUT2D eigenvalue weighted by atomic mass is 10.2. The van der Waals surface area contributed by atoms with E-state index >= 15 is 0 Å². The summed E-state index contributed by atoms with van der Waals surface area (Å²) in [6.07, 6.45) is 4.37. The number of benzene rings is 1. The van der Waals surface area contributed by atoms with Gasteiger partial charge < -0.3 is 4.57 Å². The van der Waals surface area contributed by atoms with Crippen molar-refractivity contribution in [1.82, 2.24) is 14.5 Å². The molecule has 0 spiro atoms. The van der Waals surface area contributed by atoms with Crippen molar-refractivity contribution < 1.29 is 4.79 Å². The summed E-state index contributed by atoms with van der Waals surface area (Å²) < 4.78 is 2.05. The second-order valence-corrected chi connectivity index (χ2v) is 5.19. The Morgan fingerprint density at radius 1 is 1.00 bits per heavy atom. The van der Waals surface area contributed by atoms with E-state index in [9.17, 15) is 4.79 Å². The molecule has 3 aromatic rings. The summed E-state index contributed by atoms with van der Waals surface area (Å²) in [5, 5.41) is 0. The van der Waals surface area contributed by atoms with Gasteiger partial charge in [-0.3, -0.25) is 9.78 Å². The van der Waals surface area contributed by atoms with Crippen LogP contribution in [-0.2, 0) is 19.9 Å². The zero-order chi connectivity index (χ0) is 15.4. The highest BCUT2D eigenvalue weighted by atomic mass is 16.1. The van der Waals surface area contributed by atoms with Crippen LogP contribution in [0.25, 0.3) is 11.3 Å². The molecule has 4 heteroatoms. The Bertz CT molecular complexity index is 778. The Labute approximate surface area is 129 Å². The Morgan fingerprint density at radius 2 is 1.82 bits per heavy atom. The van der Waals surface area contributed by atoms with E-state index in [2.05, 4.69) is 17.1 Å². The fraction of sp³-hybridized carbons (Fsp3) is 0.167. The largest absolute Gasteiger partial charge is 0.337 e. The summed E-state index contributed by atoms with van der Waals surface area (Å²) in [7, 11) is 2.00. The molecule has 0 fully saturated rings. The van der Waals surface area contributed by atoms with E-state index in [4.69, 9.17) is 4.98 Å². The van der Waals surface area contributed by atoms with Crippen molar-refractivity contribution in [2.24, 2.45) is 7.05 Å². The molecule has 22 heavy (non-hydrogen) atoms. The number of pyridine rings is 1. The van der Waals surface area contributed by atoms with Crippen molar-refractivity contribution in [3.8, 4) is 11.3 Å². The minimum Gasteiger partial charge on any atom is -0.337 e. The first kappa shape index (κ1) is 14.2. The third kappa shape index (κ3) is 3.11. The lowest BCUT2D eigenvalue weighted by Crippen LogP contribution is -2.02. The summed E-state index contributed by atoms with van der Waals surface area (Å²) >= 11 is 0. The SMILES string of the molecule is Cn1cc(-c2ccccc2)nc1CCc1cccc(C=O)n1. The van der Waals surface area contributed by atoms with Crippen molar-refractivity contribution >= 4 is 6.29 Å². The maximum Gasteiger partial charge on any atom is 0.168 e. The van der Waals surface area contributed by atoms with Gasteiger partial charge in [0.2, 0.25) is 0 Å². The van der Waals surface area contributed by atoms with Gasteiger partial charge in [0.15, 0.2) is 6.29 Å². The van der Waals surface area contributed by atoms with E-state index in [1.54, 1.807) is 6.07 Å². The Morgan fingerprint density at radius 3 is 2.59 bits per heavy atom.